The van der Waals surface area contributed by atoms with Crippen LogP contribution in [0.5, 0.6) is 0 Å². The molecule has 6 fully saturated rings. The molecule has 0 unspecified atom stereocenters. The van der Waals surface area contributed by atoms with Crippen LogP contribution in [0.3, 0.4) is 0 Å². The van der Waals surface area contributed by atoms with E-state index in [0.717, 1.165) is 38.5 Å². The van der Waals surface area contributed by atoms with Gasteiger partial charge in [-0.1, -0.05) is 79.1 Å². The molecule has 0 saturated carbocycles. The number of carbonyl (C=O) groups is 6. The van der Waals surface area contributed by atoms with Crippen molar-refractivity contribution in [3.63, 3.8) is 0 Å². The van der Waals surface area contributed by atoms with Crippen LogP contribution in [-0.2, 0) is 85.6 Å². The van der Waals surface area contributed by atoms with Gasteiger partial charge in [-0.3, -0.25) is 38.6 Å². The van der Waals surface area contributed by atoms with E-state index >= 15 is 0 Å². The number of hydrogen-bond donors (Lipinski definition) is 27. The summed E-state index contributed by atoms with van der Waals surface area (Å²) >= 11 is 0. The average Bonchev–Trinajstić information content (AvgIpc) is 0.878. The number of carbonyl (C=O) groups excluding carboxylic acids is 6. The molecule has 0 radical (unpaired) electrons. The highest BCUT2D eigenvalue weighted by molar-refractivity contribution is 5.87. The zero-order chi connectivity index (χ0) is 91.5. The summed E-state index contributed by atoms with van der Waals surface area (Å²) in [7, 11) is 0. The molecule has 6 rings (SSSR count). The minimum Gasteiger partial charge on any atom is -0.394 e. The Kier molecular flexibility index (Phi) is 49.7. The van der Waals surface area contributed by atoms with Crippen LogP contribution in [0.25, 0.3) is 0 Å². The van der Waals surface area contributed by atoms with Gasteiger partial charge in [-0.2, -0.15) is 0 Å². The van der Waals surface area contributed by atoms with Gasteiger partial charge < -0.3 is 196 Å². The quantitative estimate of drug-likeness (QED) is 0.0252. The predicted molar refractivity (Wildman–Crippen MR) is 419 cm³/mol. The number of nitrogens with zero attached hydrogens (tertiary/aromatic N) is 2. The average molecular weight is 1790 g/mol. The third-order valence-electron chi connectivity index (χ3n) is 21.6. The first-order chi connectivity index (χ1) is 58.3. The van der Waals surface area contributed by atoms with Gasteiger partial charge in [0.1, 0.15) is 128 Å². The van der Waals surface area contributed by atoms with Crippen molar-refractivity contribution >= 4 is 35.4 Å². The minimum absolute atomic E-state index is 0.0813. The molecular weight excluding hydrogens is 1650 g/mol. The molecule has 6 heterocycles. The van der Waals surface area contributed by atoms with Gasteiger partial charge in [-0.05, 0) is 45.4 Å². The molecule has 6 amide bonds. The number of nitrogens with one attached hydrogen (secondary N) is 6. The van der Waals surface area contributed by atoms with Crippen LogP contribution in [0.15, 0.2) is 0 Å². The summed E-state index contributed by atoms with van der Waals surface area (Å²) in [6.07, 6.45) is -35.5. The first kappa shape index (κ1) is 109. The molecule has 0 bridgehead atoms. The third kappa shape index (κ3) is 35.0. The van der Waals surface area contributed by atoms with Crippen molar-refractivity contribution in [1.29, 1.82) is 0 Å². The maximum Gasteiger partial charge on any atom is 0.237 e. The highest BCUT2D eigenvalue weighted by Gasteiger charge is 2.49. The molecule has 0 aromatic heterocycles. The fourth-order valence-electron chi connectivity index (χ4n) is 14.1. The van der Waals surface area contributed by atoms with E-state index in [1.807, 2.05) is 0 Å². The monoisotopic (exact) mass is 1790 g/mol. The van der Waals surface area contributed by atoms with E-state index in [-0.39, 0.29) is 91.8 Å². The molecule has 0 aromatic carbocycles. The van der Waals surface area contributed by atoms with E-state index in [2.05, 4.69) is 59.6 Å². The fraction of sp³-hybridized carbons (Fsp3) is 0.921. The molecule has 0 aliphatic carbocycles. The summed E-state index contributed by atoms with van der Waals surface area (Å²) in [5, 5.41) is 226. The van der Waals surface area contributed by atoms with Gasteiger partial charge >= 0.3 is 0 Å². The first-order valence-electron chi connectivity index (χ1n) is 42.1. The van der Waals surface area contributed by atoms with E-state index in [9.17, 15) is 136 Å². The van der Waals surface area contributed by atoms with E-state index < -0.39 is 278 Å². The van der Waals surface area contributed by atoms with Crippen molar-refractivity contribution < 1.29 is 193 Å². The lowest BCUT2D eigenvalue weighted by Crippen LogP contribution is -2.59. The smallest absolute Gasteiger partial charge is 0.237 e. The number of aliphatic hydroxyl groups excluding tert-OH is 21. The Bertz CT molecular complexity index is 2900. The molecule has 718 valence electrons. The molecule has 47 nitrogen and oxygen atoms in total. The largest absolute Gasteiger partial charge is 0.394 e. The number of rotatable bonds is 51. The Morgan fingerprint density at radius 2 is 0.480 bits per heavy atom. The van der Waals surface area contributed by atoms with Crippen LogP contribution in [0, 0.1) is 11.8 Å². The summed E-state index contributed by atoms with van der Waals surface area (Å²) < 4.78 is 65.2. The number of amides is 6. The van der Waals surface area contributed by atoms with Crippen LogP contribution in [0.2, 0.25) is 0 Å². The van der Waals surface area contributed by atoms with E-state index in [4.69, 9.17) is 56.8 Å². The van der Waals surface area contributed by atoms with Crippen molar-refractivity contribution in [2.24, 2.45) is 11.8 Å². The predicted octanol–water partition coefficient (Wildman–Crippen LogP) is -12.8. The summed E-state index contributed by atoms with van der Waals surface area (Å²) in [6.45, 7) is 6.95. The second-order valence-electron chi connectivity index (χ2n) is 32.2. The molecule has 123 heavy (non-hydrogen) atoms. The van der Waals surface area contributed by atoms with Crippen LogP contribution >= 0.6 is 0 Å². The summed E-state index contributed by atoms with van der Waals surface area (Å²) in [5.74, 6) is -2.70. The van der Waals surface area contributed by atoms with Crippen LogP contribution in [0.4, 0.5) is 0 Å². The molecule has 32 atom stereocenters. The van der Waals surface area contributed by atoms with Gasteiger partial charge in [0.15, 0.2) is 37.7 Å². The highest BCUT2D eigenvalue weighted by atomic mass is 16.7. The van der Waals surface area contributed by atoms with Crippen molar-refractivity contribution in [3.8, 4) is 0 Å². The standard InChI is InChI=1S/C38H70N4O21.C38H70N4O18/c1-19(2)6-4-3-5-7-20(35(57)41-10-13-60-38-34(56)31(53)28(50)23(18-45)63-38)42(14-24(46)39-8-11-58-36-32(54)29(51)26(48)21(16-43)61-36)15-25(47)40-9-12-59-37-33(55)30(52)27(49)22(17-44)62-37;1-19(2)9-7-6-8-10-23(35(54)41-13-16-57-38-34(53)31(50)28(47)22(5)60-38)42(17-24(43)39-11-14-55-36-32(51)29(48)26(45)20(3)58-36)18-25(44)40-12-15-56-37-33(52)30(49)27(46)21(4)59-37/h19-23,26-34,36-38,43-45,48-56H,3-18H2,1-2H3,(H,39,46)(H,40,47)(H,41,57);19-23,26-34,36-38,45-53H,6-18H2,1-5H3,(H,39,43)(H,40,44)(H,41,54)/t20-,21+,22+,23+,26+,27+,28+,29-,30-,31-,32-,33-,34-,36-,37-,38-;20-,21-,22-,23-,26+,27+,28+,29+,30+,31+,32-,33-,34-,36+,37+,38+/m00/s1. The number of hydrogen-bond acceptors (Lipinski definition) is 41. The Morgan fingerprint density at radius 1 is 0.276 bits per heavy atom. The van der Waals surface area contributed by atoms with Crippen molar-refractivity contribution in [2.75, 3.05) is 125 Å². The number of aliphatic hydroxyl groups is 21. The Hall–Kier alpha value is -4.58. The Morgan fingerprint density at radius 3 is 0.699 bits per heavy atom. The second kappa shape index (κ2) is 56.1. The minimum atomic E-state index is -1.68. The van der Waals surface area contributed by atoms with Crippen LogP contribution in [-0.4, -0.2) is 474 Å². The topological polar surface area (TPSA) is 717 Å². The zero-order valence-electron chi connectivity index (χ0n) is 70.8. The maximum atomic E-state index is 13.9. The van der Waals surface area contributed by atoms with Gasteiger partial charge in [-0.15, -0.1) is 0 Å². The molecule has 0 aromatic rings. The molecule has 0 spiro atoms. The maximum absolute atomic E-state index is 13.9. The van der Waals surface area contributed by atoms with Crippen LogP contribution < -0.4 is 31.9 Å². The van der Waals surface area contributed by atoms with Gasteiger partial charge in [0.25, 0.3) is 0 Å². The zero-order valence-corrected chi connectivity index (χ0v) is 70.8. The Balaban J connectivity index is 0.000000438. The summed E-state index contributed by atoms with van der Waals surface area (Å²) in [4.78, 5) is 83.9. The SMILES string of the molecule is CC(C)CCCCC[C@@H](C(=O)NCCO[C@@H]1O[C@@H](C)[C@@H](O)[C@@H](O)[C@@H]1O)N(CC(=O)NCCO[C@@H]1O[C@@H](C)[C@@H](O)[C@@H](O)[C@@H]1O)CC(=O)NCCO[C@@H]1O[C@@H](C)[C@@H](O)[C@@H](O)[C@@H]1O.CC(C)CCCCC[C@@H](C(=O)NCCO[C@H]1O[C@H](CO)[C@@H](O)[C@H](O)[C@@H]1O)N(CC(=O)NCCO[C@H]1O[C@H](CO)[C@@H](O)[C@H](O)[C@@H]1O)CC(=O)NCCO[C@H]1O[C@H](CO)[C@@H](O)[C@H](O)[C@@H]1O. The highest BCUT2D eigenvalue weighted by Crippen LogP contribution is 2.29. The van der Waals surface area contributed by atoms with Crippen LogP contribution in [0.1, 0.15) is 113 Å². The lowest BCUT2D eigenvalue weighted by molar-refractivity contribution is -0.300. The van der Waals surface area contributed by atoms with Gasteiger partial charge in [0.2, 0.25) is 35.4 Å². The number of unbranched alkanes of at least 4 members (excludes halogenated alkanes) is 4. The van der Waals surface area contributed by atoms with E-state index in [0.29, 0.717) is 24.7 Å². The van der Waals surface area contributed by atoms with Crippen molar-refractivity contribution in [3.05, 3.63) is 0 Å². The lowest BCUT2D eigenvalue weighted by Gasteiger charge is -2.39. The van der Waals surface area contributed by atoms with E-state index in [1.54, 1.807) is 0 Å². The van der Waals surface area contributed by atoms with Crippen molar-refractivity contribution in [2.45, 2.75) is 309 Å². The normalized spacial score (nSPS) is 34.7. The fourth-order valence-corrected chi connectivity index (χ4v) is 14.1. The summed E-state index contributed by atoms with van der Waals surface area (Å²) in [5.41, 5.74) is 0. The van der Waals surface area contributed by atoms with E-state index in [1.165, 1.54) is 30.6 Å². The molecule has 6 aliphatic heterocycles. The molecular formula is C76H140N8O39. The van der Waals surface area contributed by atoms with Gasteiger partial charge in [0.05, 0.1) is 116 Å². The summed E-state index contributed by atoms with van der Waals surface area (Å²) in [6, 6.07) is -2.08. The molecule has 27 N–H and O–H groups in total. The lowest BCUT2D eigenvalue weighted by atomic mass is 9.99. The first-order valence-corrected chi connectivity index (χ1v) is 42.1. The van der Waals surface area contributed by atoms with Crippen molar-refractivity contribution in [1.82, 2.24) is 41.7 Å². The molecule has 47 heteroatoms. The van der Waals surface area contributed by atoms with Gasteiger partial charge in [-0.25, -0.2) is 0 Å². The Labute approximate surface area is 713 Å². The molecule has 6 saturated heterocycles. The second-order valence-corrected chi connectivity index (χ2v) is 32.2. The third-order valence-corrected chi connectivity index (χ3v) is 21.6. The van der Waals surface area contributed by atoms with Gasteiger partial charge in [0, 0.05) is 39.3 Å². The molecule has 6 aliphatic rings. The number of ether oxygens (including phenoxy) is 12.